The highest BCUT2D eigenvalue weighted by Gasteiger charge is 2.34. The first-order valence-corrected chi connectivity index (χ1v) is 4.28. The summed E-state index contributed by atoms with van der Waals surface area (Å²) in [6.07, 6.45) is 0.735. The maximum Gasteiger partial charge on any atom is 0.329 e. The van der Waals surface area contributed by atoms with E-state index in [2.05, 4.69) is 5.32 Å². The number of urea groups is 1. The zero-order valence-electron chi connectivity index (χ0n) is 7.76. The monoisotopic (exact) mass is 181 g/mol. The van der Waals surface area contributed by atoms with E-state index in [9.17, 15) is 9.59 Å². The molecule has 1 atom stereocenters. The lowest BCUT2D eigenvalue weighted by atomic mass is 9.83. The number of hydrogen-bond donors (Lipinski definition) is 2. The Balaban J connectivity index is 2.79. The van der Waals surface area contributed by atoms with E-state index in [1.807, 2.05) is 6.92 Å². The smallest absolute Gasteiger partial charge is 0.296 e. The minimum atomic E-state index is -0.524. The molecule has 0 spiro atoms. The predicted octanol–water partition coefficient (Wildman–Crippen LogP) is -0.653. The highest BCUT2D eigenvalue weighted by Crippen LogP contribution is 2.12. The predicted molar refractivity (Wildman–Crippen MR) is 50.6 cm³/mol. The quantitative estimate of drug-likeness (QED) is 0.555. The number of amidine groups is 1. The fourth-order valence-electron chi connectivity index (χ4n) is 1.18. The number of hydrogen-bond acceptors (Lipinski definition) is 3. The first-order valence-electron chi connectivity index (χ1n) is 4.28. The van der Waals surface area contributed by atoms with Gasteiger partial charge in [-0.1, -0.05) is 6.92 Å². The van der Waals surface area contributed by atoms with Crippen molar-refractivity contribution >= 4 is 25.6 Å². The van der Waals surface area contributed by atoms with E-state index in [1.165, 1.54) is 0 Å². The van der Waals surface area contributed by atoms with E-state index in [4.69, 9.17) is 5.41 Å². The Kier molecular flexibility index (Phi) is 2.70. The Morgan fingerprint density at radius 1 is 1.62 bits per heavy atom. The van der Waals surface area contributed by atoms with E-state index in [-0.39, 0.29) is 11.7 Å². The summed E-state index contributed by atoms with van der Waals surface area (Å²) >= 11 is 0. The molecule has 0 aliphatic carbocycles. The lowest BCUT2D eigenvalue weighted by Crippen LogP contribution is -2.55. The molecule has 1 saturated heterocycles. The minimum Gasteiger partial charge on any atom is -0.296 e. The molecule has 0 radical (unpaired) electrons. The summed E-state index contributed by atoms with van der Waals surface area (Å²) in [5, 5.41) is 9.64. The second kappa shape index (κ2) is 3.59. The zero-order valence-corrected chi connectivity index (χ0v) is 7.76. The molecule has 6 heteroatoms. The van der Waals surface area contributed by atoms with Gasteiger partial charge in [-0.05, 0) is 6.42 Å². The zero-order chi connectivity index (χ0) is 10.0. The van der Waals surface area contributed by atoms with Crippen molar-refractivity contribution in [1.82, 2.24) is 10.2 Å². The molecule has 0 aromatic heterocycles. The molecule has 70 valence electrons. The van der Waals surface area contributed by atoms with Crippen LogP contribution in [0.5, 0.6) is 0 Å². The number of amides is 3. The topological polar surface area (TPSA) is 73.3 Å². The van der Waals surface area contributed by atoms with Crippen molar-refractivity contribution in [2.45, 2.75) is 19.2 Å². The van der Waals surface area contributed by atoms with Gasteiger partial charge in [-0.25, -0.2) is 4.79 Å². The van der Waals surface area contributed by atoms with Gasteiger partial charge in [-0.3, -0.25) is 20.4 Å². The molecular weight excluding hydrogens is 169 g/mol. The van der Waals surface area contributed by atoms with Crippen molar-refractivity contribution in [1.29, 1.82) is 5.41 Å². The highest BCUT2D eigenvalue weighted by atomic mass is 16.2. The summed E-state index contributed by atoms with van der Waals surface area (Å²) in [4.78, 5) is 23.8. The Labute approximate surface area is 77.4 Å². The Bertz CT molecular complexity index is 266. The van der Waals surface area contributed by atoms with E-state index < -0.39 is 11.8 Å². The fraction of sp³-hybridized carbons (Fsp3) is 0.571. The maximum atomic E-state index is 11.5. The third-order valence-corrected chi connectivity index (χ3v) is 2.00. The molecule has 1 rings (SSSR count). The number of carbonyl (C=O) groups is 2. The highest BCUT2D eigenvalue weighted by molar-refractivity contribution is 6.40. The van der Waals surface area contributed by atoms with Gasteiger partial charge in [0.05, 0.1) is 5.82 Å². The first kappa shape index (κ1) is 9.76. The molecule has 1 heterocycles. The minimum absolute atomic E-state index is 0.0117. The number of rotatable bonds is 2. The van der Waals surface area contributed by atoms with Gasteiger partial charge < -0.3 is 0 Å². The van der Waals surface area contributed by atoms with Crippen LogP contribution >= 0.6 is 0 Å². The van der Waals surface area contributed by atoms with E-state index in [0.29, 0.717) is 6.54 Å². The van der Waals surface area contributed by atoms with Crippen LogP contribution in [0.15, 0.2) is 0 Å². The molecule has 1 fully saturated rings. The molecule has 0 saturated carbocycles. The molecule has 1 aliphatic heterocycles. The van der Waals surface area contributed by atoms with Gasteiger partial charge in [0.15, 0.2) is 0 Å². The fourth-order valence-corrected chi connectivity index (χ4v) is 1.18. The summed E-state index contributed by atoms with van der Waals surface area (Å²) < 4.78 is 0. The average Bonchev–Trinajstić information content (AvgIpc) is 2.09. The molecule has 0 aromatic carbocycles. The van der Waals surface area contributed by atoms with E-state index in [1.54, 1.807) is 7.85 Å². The first-order chi connectivity index (χ1) is 6.07. The largest absolute Gasteiger partial charge is 0.329 e. The van der Waals surface area contributed by atoms with Crippen LogP contribution < -0.4 is 5.32 Å². The second-order valence-corrected chi connectivity index (χ2v) is 3.06. The number of nitrogens with one attached hydrogen (secondary N) is 2. The van der Waals surface area contributed by atoms with Crippen molar-refractivity contribution in [3.63, 3.8) is 0 Å². The summed E-state index contributed by atoms with van der Waals surface area (Å²) in [5.74, 6) is -0.817. The van der Waals surface area contributed by atoms with Gasteiger partial charge in [-0.2, -0.15) is 0 Å². The molecule has 13 heavy (non-hydrogen) atoms. The van der Waals surface area contributed by atoms with Gasteiger partial charge >= 0.3 is 6.03 Å². The molecular formula is C7H12BN3O2. The summed E-state index contributed by atoms with van der Waals surface area (Å²) in [6.45, 7) is 2.31. The van der Waals surface area contributed by atoms with Gasteiger partial charge in [0.1, 0.15) is 13.7 Å². The molecule has 2 N–H and O–H groups in total. The second-order valence-electron chi connectivity index (χ2n) is 3.06. The van der Waals surface area contributed by atoms with Crippen molar-refractivity contribution in [2.75, 3.05) is 6.54 Å². The Morgan fingerprint density at radius 2 is 2.23 bits per heavy atom. The van der Waals surface area contributed by atoms with E-state index in [0.717, 1.165) is 11.3 Å². The lowest BCUT2D eigenvalue weighted by Gasteiger charge is -2.29. The third-order valence-electron chi connectivity index (χ3n) is 2.00. The van der Waals surface area contributed by atoms with Crippen LogP contribution in [0.1, 0.15) is 13.3 Å². The van der Waals surface area contributed by atoms with Crippen LogP contribution in [0.25, 0.3) is 0 Å². The maximum absolute atomic E-state index is 11.5. The third kappa shape index (κ3) is 1.71. The average molecular weight is 181 g/mol. The number of carbonyl (C=O) groups excluding carboxylic acids is 2. The Morgan fingerprint density at radius 3 is 2.77 bits per heavy atom. The van der Waals surface area contributed by atoms with Crippen LogP contribution in [0.3, 0.4) is 0 Å². The summed E-state index contributed by atoms with van der Waals surface area (Å²) in [5.41, 5.74) is 0. The van der Waals surface area contributed by atoms with Gasteiger partial charge in [0.25, 0.3) is 0 Å². The van der Waals surface area contributed by atoms with E-state index >= 15 is 0 Å². The summed E-state index contributed by atoms with van der Waals surface area (Å²) in [6, 6.07) is -0.477. The molecule has 3 amide bonds. The van der Waals surface area contributed by atoms with Crippen molar-refractivity contribution in [3.8, 4) is 0 Å². The number of imide groups is 1. The molecule has 1 unspecified atom stereocenters. The van der Waals surface area contributed by atoms with Crippen LogP contribution in [0, 0.1) is 5.41 Å². The van der Waals surface area contributed by atoms with Crippen LogP contribution in [-0.4, -0.2) is 37.1 Å². The van der Waals surface area contributed by atoms with Gasteiger partial charge in [-0.15, -0.1) is 0 Å². The molecule has 1 aliphatic rings. The molecule has 5 nitrogen and oxygen atoms in total. The molecule has 0 aromatic rings. The standard InChI is InChI=1S/C7H12BN3O2/c1-2-3-11-6(12)4(8)5(9)10-7(11)13/h4H,2-3,8H2,1H3,(H2,9,10,13). The number of nitrogens with zero attached hydrogens (tertiary/aromatic N) is 1. The van der Waals surface area contributed by atoms with Crippen molar-refractivity contribution in [3.05, 3.63) is 0 Å². The van der Waals surface area contributed by atoms with Crippen LogP contribution in [-0.2, 0) is 4.79 Å². The Hall–Kier alpha value is -1.33. The lowest BCUT2D eigenvalue weighted by molar-refractivity contribution is -0.127. The van der Waals surface area contributed by atoms with Crippen molar-refractivity contribution in [2.24, 2.45) is 0 Å². The van der Waals surface area contributed by atoms with Gasteiger partial charge in [0, 0.05) is 6.54 Å². The van der Waals surface area contributed by atoms with Crippen LogP contribution in [0.2, 0.25) is 5.82 Å². The molecule has 0 bridgehead atoms. The van der Waals surface area contributed by atoms with Crippen LogP contribution in [0.4, 0.5) is 4.79 Å². The van der Waals surface area contributed by atoms with Gasteiger partial charge in [0.2, 0.25) is 5.91 Å². The van der Waals surface area contributed by atoms with Crippen molar-refractivity contribution < 1.29 is 9.59 Å². The SMILES string of the molecule is BC1C(=N)NC(=O)N(CCC)C1=O. The normalized spacial score (nSPS) is 23.3. The summed E-state index contributed by atoms with van der Waals surface area (Å²) in [7, 11) is 1.62.